The normalized spacial score (nSPS) is 11.1. The second-order valence-electron chi connectivity index (χ2n) is 5.45. The Morgan fingerprint density at radius 2 is 2.00 bits per heavy atom. The molecule has 0 amide bonds. The number of aliphatic carboxylic acids is 1. The fourth-order valence-corrected chi connectivity index (χ4v) is 3.39. The molecule has 9 heteroatoms. The van der Waals surface area contributed by atoms with Gasteiger partial charge in [-0.2, -0.15) is 0 Å². The first-order valence-corrected chi connectivity index (χ1v) is 8.54. The molecule has 0 unspecified atom stereocenters. The van der Waals surface area contributed by atoms with Gasteiger partial charge in [0.25, 0.3) is 5.56 Å². The van der Waals surface area contributed by atoms with E-state index in [0.717, 1.165) is 5.56 Å². The average Bonchev–Trinajstić information content (AvgIpc) is 2.92. The lowest BCUT2D eigenvalue weighted by atomic mass is 10.2. The van der Waals surface area contributed by atoms with Gasteiger partial charge in [0.2, 0.25) is 0 Å². The molecule has 0 fully saturated rings. The highest BCUT2D eigenvalue weighted by atomic mass is 32.2. The van der Waals surface area contributed by atoms with Crippen LogP contribution in [0.1, 0.15) is 12.0 Å². The lowest BCUT2D eigenvalue weighted by Crippen LogP contribution is -2.29. The molecule has 0 radical (unpaired) electrons. The largest absolute Gasteiger partial charge is 0.481 e. The zero-order valence-electron chi connectivity index (χ0n) is 13.4. The summed E-state index contributed by atoms with van der Waals surface area (Å²) in [6.07, 6.45) is -0.0193. The van der Waals surface area contributed by atoms with Gasteiger partial charge in [0, 0.05) is 12.8 Å². The van der Waals surface area contributed by atoms with Crippen molar-refractivity contribution in [3.63, 3.8) is 0 Å². The highest BCUT2D eigenvalue weighted by Gasteiger charge is 2.18. The van der Waals surface area contributed by atoms with E-state index in [9.17, 15) is 14.4 Å². The Balaban J connectivity index is 2.12. The summed E-state index contributed by atoms with van der Waals surface area (Å²) >= 11 is 1.25. The van der Waals surface area contributed by atoms with Crippen molar-refractivity contribution in [1.29, 1.82) is 0 Å². The van der Waals surface area contributed by atoms with Crippen LogP contribution in [0, 0.1) is 0 Å². The predicted octanol–water partition coefficient (Wildman–Crippen LogP) is 1.04. The van der Waals surface area contributed by atoms with Crippen LogP contribution in [0.2, 0.25) is 0 Å². The van der Waals surface area contributed by atoms with Crippen molar-refractivity contribution >= 4 is 28.9 Å². The van der Waals surface area contributed by atoms with E-state index in [1.165, 1.54) is 23.4 Å². The molecule has 2 aromatic heterocycles. The number of hydrogen-bond acceptors (Lipinski definition) is 5. The topological polar surface area (TPSA) is 110 Å². The molecule has 0 atom stereocenters. The molecule has 0 bridgehead atoms. The van der Waals surface area contributed by atoms with Gasteiger partial charge in [0.15, 0.2) is 16.3 Å². The lowest BCUT2D eigenvalue weighted by molar-refractivity contribution is -0.136. The number of carboxylic acid groups (broad SMARTS) is 1. The van der Waals surface area contributed by atoms with Gasteiger partial charge in [0.05, 0.1) is 13.0 Å². The number of H-pyrrole nitrogens is 1. The number of carbonyl (C=O) groups is 1. The number of rotatable bonds is 6. The molecule has 1 aromatic carbocycles. The number of aryl methyl sites for hydroxylation is 1. The molecule has 0 spiro atoms. The first-order valence-electron chi connectivity index (χ1n) is 7.55. The van der Waals surface area contributed by atoms with Crippen LogP contribution >= 0.6 is 11.8 Å². The standard InChI is InChI=1S/C16H16N4O4S/c1-19-13-12(14(23)18-15(19)24)20(9-10-5-3-2-4-6-10)16(17-13)25-8-7-11(21)22/h2-6H,7-9H2,1H3,(H,21,22)(H,18,23,24). The predicted molar refractivity (Wildman–Crippen MR) is 94.1 cm³/mol. The molecule has 2 heterocycles. The molecule has 0 aliphatic heterocycles. The van der Waals surface area contributed by atoms with E-state index in [1.54, 1.807) is 4.57 Å². The van der Waals surface area contributed by atoms with Crippen molar-refractivity contribution in [2.75, 3.05) is 5.75 Å². The van der Waals surface area contributed by atoms with Gasteiger partial charge in [-0.15, -0.1) is 0 Å². The summed E-state index contributed by atoms with van der Waals surface area (Å²) in [7, 11) is 1.53. The second-order valence-corrected chi connectivity index (χ2v) is 6.51. The number of hydrogen-bond donors (Lipinski definition) is 2. The SMILES string of the molecule is Cn1c(=O)[nH]c(=O)c2c1nc(SCCC(=O)O)n2Cc1ccccc1. The number of nitrogens with one attached hydrogen (secondary N) is 1. The first-order chi connectivity index (χ1) is 12.0. The highest BCUT2D eigenvalue weighted by Crippen LogP contribution is 2.23. The summed E-state index contributed by atoms with van der Waals surface area (Å²) in [5.41, 5.74) is 0.497. The van der Waals surface area contributed by atoms with Crippen LogP contribution in [0.15, 0.2) is 45.1 Å². The van der Waals surface area contributed by atoms with Gasteiger partial charge in [-0.25, -0.2) is 9.78 Å². The maximum absolute atomic E-state index is 12.3. The second kappa shape index (κ2) is 6.98. The molecule has 3 aromatic rings. The molecular formula is C16H16N4O4S. The van der Waals surface area contributed by atoms with Crippen LogP contribution < -0.4 is 11.2 Å². The molecular weight excluding hydrogens is 344 g/mol. The number of aromatic nitrogens is 4. The van der Waals surface area contributed by atoms with Crippen LogP contribution in [-0.4, -0.2) is 35.9 Å². The van der Waals surface area contributed by atoms with Crippen molar-refractivity contribution in [2.45, 2.75) is 18.1 Å². The maximum atomic E-state index is 12.3. The third kappa shape index (κ3) is 3.50. The maximum Gasteiger partial charge on any atom is 0.329 e. The number of aromatic amines is 1. The minimum atomic E-state index is -0.900. The number of thioether (sulfide) groups is 1. The number of nitrogens with zero attached hydrogens (tertiary/aromatic N) is 3. The van der Waals surface area contributed by atoms with E-state index >= 15 is 0 Å². The van der Waals surface area contributed by atoms with E-state index in [-0.39, 0.29) is 12.1 Å². The minimum absolute atomic E-state index is 0.0193. The molecule has 0 saturated carbocycles. The summed E-state index contributed by atoms with van der Waals surface area (Å²) in [5, 5.41) is 9.33. The fourth-order valence-electron chi connectivity index (χ4n) is 2.47. The quantitative estimate of drug-likeness (QED) is 0.636. The van der Waals surface area contributed by atoms with E-state index < -0.39 is 17.2 Å². The Hall–Kier alpha value is -2.81. The van der Waals surface area contributed by atoms with Gasteiger partial charge >= 0.3 is 11.7 Å². The summed E-state index contributed by atoms with van der Waals surface area (Å²) in [6.45, 7) is 0.397. The molecule has 130 valence electrons. The van der Waals surface area contributed by atoms with Crippen molar-refractivity contribution in [3.05, 3.63) is 56.7 Å². The van der Waals surface area contributed by atoms with Crippen LogP contribution in [0.4, 0.5) is 0 Å². The number of imidazole rings is 1. The van der Waals surface area contributed by atoms with Crippen molar-refractivity contribution in [3.8, 4) is 0 Å². The van der Waals surface area contributed by atoms with Gasteiger partial charge in [-0.1, -0.05) is 42.1 Å². The fraction of sp³-hybridized carbons (Fsp3) is 0.250. The van der Waals surface area contributed by atoms with E-state index in [0.29, 0.717) is 23.0 Å². The van der Waals surface area contributed by atoms with Gasteiger partial charge in [-0.3, -0.25) is 19.1 Å². The Morgan fingerprint density at radius 3 is 2.68 bits per heavy atom. The number of carboxylic acids is 1. The minimum Gasteiger partial charge on any atom is -0.481 e. The number of fused-ring (bicyclic) bond motifs is 1. The third-order valence-corrected chi connectivity index (χ3v) is 4.68. The average molecular weight is 360 g/mol. The van der Waals surface area contributed by atoms with Crippen molar-refractivity contribution in [1.82, 2.24) is 19.1 Å². The Morgan fingerprint density at radius 1 is 1.28 bits per heavy atom. The summed E-state index contributed by atoms with van der Waals surface area (Å²) < 4.78 is 2.99. The summed E-state index contributed by atoms with van der Waals surface area (Å²) in [4.78, 5) is 41.6. The van der Waals surface area contributed by atoms with Crippen LogP contribution in [0.5, 0.6) is 0 Å². The monoisotopic (exact) mass is 360 g/mol. The van der Waals surface area contributed by atoms with Crippen LogP contribution in [-0.2, 0) is 18.4 Å². The summed E-state index contributed by atoms with van der Waals surface area (Å²) in [6, 6.07) is 9.53. The summed E-state index contributed by atoms with van der Waals surface area (Å²) in [5.74, 6) is -0.581. The Kier molecular flexibility index (Phi) is 4.75. The van der Waals surface area contributed by atoms with Crippen molar-refractivity contribution in [2.24, 2.45) is 7.05 Å². The highest BCUT2D eigenvalue weighted by molar-refractivity contribution is 7.99. The zero-order valence-corrected chi connectivity index (χ0v) is 14.2. The number of benzene rings is 1. The van der Waals surface area contributed by atoms with E-state index in [1.807, 2.05) is 30.3 Å². The van der Waals surface area contributed by atoms with Gasteiger partial charge < -0.3 is 9.67 Å². The molecule has 2 N–H and O–H groups in total. The molecule has 25 heavy (non-hydrogen) atoms. The molecule has 8 nitrogen and oxygen atoms in total. The zero-order chi connectivity index (χ0) is 18.0. The third-order valence-electron chi connectivity index (χ3n) is 3.70. The Labute approximate surface area is 146 Å². The van der Waals surface area contributed by atoms with Crippen LogP contribution in [0.25, 0.3) is 11.2 Å². The van der Waals surface area contributed by atoms with Gasteiger partial charge in [-0.05, 0) is 5.56 Å². The van der Waals surface area contributed by atoms with Crippen LogP contribution in [0.3, 0.4) is 0 Å². The van der Waals surface area contributed by atoms with Crippen molar-refractivity contribution < 1.29 is 9.90 Å². The lowest BCUT2D eigenvalue weighted by Gasteiger charge is -2.08. The Bertz CT molecular complexity index is 1040. The first kappa shape index (κ1) is 17.0. The molecule has 0 aliphatic carbocycles. The van der Waals surface area contributed by atoms with Gasteiger partial charge in [0.1, 0.15) is 0 Å². The smallest absolute Gasteiger partial charge is 0.329 e. The van der Waals surface area contributed by atoms with E-state index in [2.05, 4.69) is 9.97 Å². The molecule has 3 rings (SSSR count). The molecule has 0 saturated heterocycles. The molecule has 0 aliphatic rings. The van der Waals surface area contributed by atoms with E-state index in [4.69, 9.17) is 5.11 Å².